The number of barbiturate groups is 1. The second kappa shape index (κ2) is 2.83. The van der Waals surface area contributed by atoms with Crippen LogP contribution in [0.1, 0.15) is 20.8 Å². The topological polar surface area (TPSA) is 66.5 Å². The molecule has 0 radical (unpaired) electrons. The number of rotatable bonds is 1. The lowest BCUT2D eigenvalue weighted by Gasteiger charge is -2.33. The molecule has 0 atom stereocenters. The number of carbonyl (C=O) groups is 3. The summed E-state index contributed by atoms with van der Waals surface area (Å²) in [5, 5.41) is 2.13. The van der Waals surface area contributed by atoms with Crippen molar-refractivity contribution in [3.05, 3.63) is 0 Å². The van der Waals surface area contributed by atoms with Crippen molar-refractivity contribution >= 4 is 17.8 Å². The lowest BCUT2D eigenvalue weighted by molar-refractivity contribution is -0.148. The molecule has 0 unspecified atom stereocenters. The van der Waals surface area contributed by atoms with E-state index in [4.69, 9.17) is 0 Å². The summed E-state index contributed by atoms with van der Waals surface area (Å²) in [5.41, 5.74) is -1.13. The smallest absolute Gasteiger partial charge is 0.277 e. The molecule has 5 nitrogen and oxygen atoms in total. The number of hydrogen-bond donors (Lipinski definition) is 1. The Labute approximate surface area is 76.1 Å². The minimum Gasteiger partial charge on any atom is -0.277 e. The van der Waals surface area contributed by atoms with Gasteiger partial charge in [-0.1, -0.05) is 0 Å². The zero-order valence-electron chi connectivity index (χ0n) is 7.88. The van der Waals surface area contributed by atoms with Crippen LogP contribution >= 0.6 is 0 Å². The van der Waals surface area contributed by atoms with Crippen LogP contribution in [0.15, 0.2) is 0 Å². The van der Waals surface area contributed by atoms with Crippen molar-refractivity contribution in [3.63, 3.8) is 0 Å². The van der Waals surface area contributed by atoms with E-state index >= 15 is 0 Å². The average Bonchev–Trinajstić information content (AvgIpc) is 2.03. The van der Waals surface area contributed by atoms with E-state index in [0.29, 0.717) is 0 Å². The van der Waals surface area contributed by atoms with E-state index in [-0.39, 0.29) is 6.54 Å². The Balaban J connectivity index is 3.02. The number of urea groups is 1. The Morgan fingerprint density at radius 2 is 1.85 bits per heavy atom. The van der Waals surface area contributed by atoms with Crippen molar-refractivity contribution in [1.82, 2.24) is 10.2 Å². The molecule has 72 valence electrons. The summed E-state index contributed by atoms with van der Waals surface area (Å²) in [6, 6.07) is -0.628. The number of carbonyl (C=O) groups excluding carboxylic acids is 3. The molecule has 0 aromatic heterocycles. The molecule has 0 saturated carbocycles. The zero-order chi connectivity index (χ0) is 10.2. The van der Waals surface area contributed by atoms with Gasteiger partial charge in [0.1, 0.15) is 5.41 Å². The predicted octanol–water partition coefficient (Wildman–Crippen LogP) is 0.111. The van der Waals surface area contributed by atoms with E-state index in [9.17, 15) is 14.4 Å². The Morgan fingerprint density at radius 3 is 2.31 bits per heavy atom. The Kier molecular flexibility index (Phi) is 2.11. The normalized spacial score (nSPS) is 21.8. The maximum absolute atomic E-state index is 11.5. The fourth-order valence-corrected chi connectivity index (χ4v) is 1.13. The molecule has 1 N–H and O–H groups in total. The summed E-state index contributed by atoms with van der Waals surface area (Å²) in [6.07, 6.45) is 0. The maximum Gasteiger partial charge on any atom is 0.330 e. The van der Waals surface area contributed by atoms with Crippen LogP contribution < -0.4 is 5.32 Å². The Morgan fingerprint density at radius 1 is 1.31 bits per heavy atom. The quantitative estimate of drug-likeness (QED) is 0.588. The van der Waals surface area contributed by atoms with Gasteiger partial charge in [0.15, 0.2) is 0 Å². The monoisotopic (exact) mass is 184 g/mol. The first-order valence-corrected chi connectivity index (χ1v) is 4.08. The number of imide groups is 2. The van der Waals surface area contributed by atoms with Gasteiger partial charge in [0.25, 0.3) is 0 Å². The highest BCUT2D eigenvalue weighted by Gasteiger charge is 2.46. The molecule has 5 heteroatoms. The first kappa shape index (κ1) is 9.70. The van der Waals surface area contributed by atoms with Crippen molar-refractivity contribution < 1.29 is 14.4 Å². The molecule has 13 heavy (non-hydrogen) atoms. The molecule has 4 amide bonds. The van der Waals surface area contributed by atoms with Crippen LogP contribution in [0.3, 0.4) is 0 Å². The van der Waals surface area contributed by atoms with E-state index < -0.39 is 23.3 Å². The molecule has 1 saturated heterocycles. The Hall–Kier alpha value is -1.39. The third kappa shape index (κ3) is 1.30. The maximum atomic E-state index is 11.5. The summed E-state index contributed by atoms with van der Waals surface area (Å²) < 4.78 is 0. The first-order chi connectivity index (χ1) is 5.91. The summed E-state index contributed by atoms with van der Waals surface area (Å²) in [7, 11) is 0. The van der Waals surface area contributed by atoms with E-state index in [1.54, 1.807) is 6.92 Å². The molecule has 0 spiro atoms. The van der Waals surface area contributed by atoms with Gasteiger partial charge in [-0.25, -0.2) is 4.79 Å². The van der Waals surface area contributed by atoms with Gasteiger partial charge < -0.3 is 0 Å². The molecule has 0 aromatic rings. The Bertz CT molecular complexity index is 283. The van der Waals surface area contributed by atoms with Gasteiger partial charge in [0.05, 0.1) is 0 Å². The van der Waals surface area contributed by atoms with Gasteiger partial charge in [0, 0.05) is 6.54 Å². The first-order valence-electron chi connectivity index (χ1n) is 4.08. The molecule has 1 aliphatic rings. The molecule has 1 fully saturated rings. The highest BCUT2D eigenvalue weighted by atomic mass is 16.2. The lowest BCUT2D eigenvalue weighted by atomic mass is 9.89. The number of nitrogens with zero attached hydrogens (tertiary/aromatic N) is 1. The fraction of sp³-hybridized carbons (Fsp3) is 0.625. The average molecular weight is 184 g/mol. The van der Waals surface area contributed by atoms with Crippen molar-refractivity contribution in [2.24, 2.45) is 5.41 Å². The molecule has 0 aromatic carbocycles. The highest BCUT2D eigenvalue weighted by Crippen LogP contribution is 2.22. The van der Waals surface area contributed by atoms with Crippen LogP contribution in [0, 0.1) is 5.41 Å². The van der Waals surface area contributed by atoms with Crippen LogP contribution in [0.5, 0.6) is 0 Å². The minimum absolute atomic E-state index is 0.279. The fourth-order valence-electron chi connectivity index (χ4n) is 1.13. The van der Waals surface area contributed by atoms with Gasteiger partial charge in [-0.2, -0.15) is 0 Å². The van der Waals surface area contributed by atoms with Crippen molar-refractivity contribution in [2.75, 3.05) is 6.54 Å². The molecule has 1 rings (SSSR count). The lowest BCUT2D eigenvalue weighted by Crippen LogP contribution is -2.61. The number of hydrogen-bond acceptors (Lipinski definition) is 3. The summed E-state index contributed by atoms with van der Waals surface area (Å²) in [4.78, 5) is 34.9. The van der Waals surface area contributed by atoms with Gasteiger partial charge >= 0.3 is 6.03 Å². The second-order valence-electron chi connectivity index (χ2n) is 3.43. The zero-order valence-corrected chi connectivity index (χ0v) is 7.88. The van der Waals surface area contributed by atoms with Gasteiger partial charge in [0.2, 0.25) is 11.8 Å². The van der Waals surface area contributed by atoms with Crippen LogP contribution in [-0.2, 0) is 9.59 Å². The molecular weight excluding hydrogens is 172 g/mol. The van der Waals surface area contributed by atoms with Crippen LogP contribution in [0.25, 0.3) is 0 Å². The van der Waals surface area contributed by atoms with E-state index in [1.807, 2.05) is 0 Å². The molecule has 1 aliphatic heterocycles. The van der Waals surface area contributed by atoms with Gasteiger partial charge in [-0.3, -0.25) is 19.8 Å². The summed E-state index contributed by atoms with van der Waals surface area (Å²) in [5.74, 6) is -0.976. The van der Waals surface area contributed by atoms with Crippen LogP contribution in [-0.4, -0.2) is 29.3 Å². The van der Waals surface area contributed by atoms with Crippen molar-refractivity contribution in [3.8, 4) is 0 Å². The SMILES string of the molecule is CCN1C(=O)NC(=O)C(C)(C)C1=O. The summed E-state index contributed by atoms with van der Waals surface area (Å²) in [6.45, 7) is 4.96. The van der Waals surface area contributed by atoms with Crippen molar-refractivity contribution in [2.45, 2.75) is 20.8 Å². The van der Waals surface area contributed by atoms with Crippen LogP contribution in [0.2, 0.25) is 0 Å². The van der Waals surface area contributed by atoms with Crippen LogP contribution in [0.4, 0.5) is 4.79 Å². The predicted molar refractivity (Wildman–Crippen MR) is 44.7 cm³/mol. The highest BCUT2D eigenvalue weighted by molar-refractivity contribution is 6.18. The third-order valence-corrected chi connectivity index (χ3v) is 2.13. The number of nitrogens with one attached hydrogen (secondary N) is 1. The van der Waals surface area contributed by atoms with Gasteiger partial charge in [-0.15, -0.1) is 0 Å². The van der Waals surface area contributed by atoms with Gasteiger partial charge in [-0.05, 0) is 20.8 Å². The molecule has 1 heterocycles. The summed E-state index contributed by atoms with van der Waals surface area (Å²) >= 11 is 0. The van der Waals surface area contributed by atoms with E-state index in [1.165, 1.54) is 13.8 Å². The molecule has 0 bridgehead atoms. The van der Waals surface area contributed by atoms with E-state index in [2.05, 4.69) is 5.32 Å². The number of amides is 4. The largest absolute Gasteiger partial charge is 0.330 e. The van der Waals surface area contributed by atoms with Crippen molar-refractivity contribution in [1.29, 1.82) is 0 Å². The molecular formula is C8H12N2O3. The minimum atomic E-state index is -1.13. The second-order valence-corrected chi connectivity index (χ2v) is 3.43. The standard InChI is InChI=1S/C8H12N2O3/c1-4-10-6(12)8(2,3)5(11)9-7(10)13/h4H2,1-3H3,(H,9,11,13). The molecule has 0 aliphatic carbocycles. The third-order valence-electron chi connectivity index (χ3n) is 2.13. The van der Waals surface area contributed by atoms with E-state index in [0.717, 1.165) is 4.90 Å².